The highest BCUT2D eigenvalue weighted by molar-refractivity contribution is 5.16. The molecule has 0 spiro atoms. The maximum Gasteiger partial charge on any atom is 0.168 e. The highest BCUT2D eigenvalue weighted by Crippen LogP contribution is 2.37. The summed E-state index contributed by atoms with van der Waals surface area (Å²) in [6, 6.07) is 10.7. The fraction of sp³-hybridized carbons (Fsp3) is 0.588. The zero-order chi connectivity index (χ0) is 16.4. The molecule has 2 heterocycles. The Balaban J connectivity index is 1.90. The first-order valence-corrected chi connectivity index (χ1v) is 8.20. The van der Waals surface area contributed by atoms with Crippen molar-refractivity contribution in [2.24, 2.45) is 0 Å². The number of hydrogen-bond donors (Lipinski definition) is 1. The van der Waals surface area contributed by atoms with E-state index in [4.69, 9.17) is 0 Å². The molecule has 2 atom stereocenters. The van der Waals surface area contributed by atoms with Crippen LogP contribution in [0.3, 0.4) is 0 Å². The van der Waals surface area contributed by atoms with Crippen LogP contribution in [0.2, 0.25) is 0 Å². The highest BCUT2D eigenvalue weighted by atomic mass is 16.3. The van der Waals surface area contributed by atoms with E-state index in [9.17, 15) is 5.11 Å². The first kappa shape index (κ1) is 16.1. The molecule has 1 saturated heterocycles. The van der Waals surface area contributed by atoms with Crippen LogP contribution in [0.1, 0.15) is 51.0 Å². The third-order valence-corrected chi connectivity index (χ3v) is 4.49. The van der Waals surface area contributed by atoms with Crippen LogP contribution in [0.5, 0.6) is 0 Å². The minimum atomic E-state index is -0.158. The molecule has 1 fully saturated rings. The zero-order valence-electron chi connectivity index (χ0n) is 14.1. The van der Waals surface area contributed by atoms with Crippen LogP contribution < -0.4 is 0 Å². The van der Waals surface area contributed by atoms with Crippen molar-refractivity contribution in [3.8, 4) is 0 Å². The van der Waals surface area contributed by atoms with Crippen molar-refractivity contribution in [2.45, 2.75) is 57.8 Å². The van der Waals surface area contributed by atoms with E-state index in [0.29, 0.717) is 0 Å². The van der Waals surface area contributed by atoms with Crippen LogP contribution in [-0.4, -0.2) is 42.9 Å². The molecule has 1 aromatic heterocycles. The molecule has 1 N–H and O–H groups in total. The van der Waals surface area contributed by atoms with Gasteiger partial charge in [-0.2, -0.15) is 0 Å². The van der Waals surface area contributed by atoms with Gasteiger partial charge in [0.1, 0.15) is 0 Å². The van der Waals surface area contributed by atoms with Gasteiger partial charge in [-0.3, -0.25) is 4.90 Å². The van der Waals surface area contributed by atoms with Gasteiger partial charge in [-0.25, -0.2) is 4.68 Å². The predicted molar refractivity (Wildman–Crippen MR) is 87.6 cm³/mol. The molecule has 0 radical (unpaired) electrons. The van der Waals surface area contributed by atoms with Crippen LogP contribution in [0.4, 0.5) is 0 Å². The van der Waals surface area contributed by atoms with E-state index >= 15 is 0 Å². The fourth-order valence-electron chi connectivity index (χ4n) is 3.32. The van der Waals surface area contributed by atoms with Crippen LogP contribution >= 0.6 is 0 Å². The second kappa shape index (κ2) is 6.37. The summed E-state index contributed by atoms with van der Waals surface area (Å²) in [5.41, 5.74) is 1.08. The molecule has 3 rings (SSSR count). The van der Waals surface area contributed by atoms with Crippen LogP contribution in [-0.2, 0) is 12.1 Å². The minimum Gasteiger partial charge on any atom is -0.395 e. The molecule has 0 bridgehead atoms. The van der Waals surface area contributed by atoms with Gasteiger partial charge in [-0.15, -0.1) is 5.10 Å². The number of nitrogens with zero attached hydrogens (tertiary/aromatic N) is 5. The largest absolute Gasteiger partial charge is 0.395 e. The second-order valence-electron chi connectivity index (χ2n) is 7.21. The molecule has 0 aliphatic carbocycles. The van der Waals surface area contributed by atoms with Crippen LogP contribution in [0, 0.1) is 0 Å². The van der Waals surface area contributed by atoms with Crippen LogP contribution in [0.15, 0.2) is 30.3 Å². The van der Waals surface area contributed by atoms with E-state index < -0.39 is 0 Å². The van der Waals surface area contributed by atoms with E-state index in [1.165, 1.54) is 5.56 Å². The summed E-state index contributed by atoms with van der Waals surface area (Å²) in [6.45, 7) is 7.28. The lowest BCUT2D eigenvalue weighted by molar-refractivity contribution is 0.114. The number of tetrazole rings is 1. The molecule has 1 aliphatic rings. The molecule has 124 valence electrons. The van der Waals surface area contributed by atoms with Gasteiger partial charge in [0, 0.05) is 12.6 Å². The minimum absolute atomic E-state index is 0.140. The molecule has 6 heteroatoms. The lowest BCUT2D eigenvalue weighted by Crippen LogP contribution is -2.36. The molecule has 6 nitrogen and oxygen atoms in total. The molecule has 1 aliphatic heterocycles. The Kier molecular flexibility index (Phi) is 4.46. The van der Waals surface area contributed by atoms with Gasteiger partial charge in [-0.1, -0.05) is 30.3 Å². The lowest BCUT2D eigenvalue weighted by atomic mass is 10.1. The zero-order valence-corrected chi connectivity index (χ0v) is 14.1. The Morgan fingerprint density at radius 3 is 2.57 bits per heavy atom. The number of benzene rings is 1. The van der Waals surface area contributed by atoms with E-state index in [1.54, 1.807) is 0 Å². The Labute approximate surface area is 137 Å². The number of likely N-dealkylation sites (tertiary alicyclic amines) is 1. The Bertz CT molecular complexity index is 634. The molecule has 2 aromatic rings. The summed E-state index contributed by atoms with van der Waals surface area (Å²) >= 11 is 0. The normalized spacial score (nSPS) is 22.6. The summed E-state index contributed by atoms with van der Waals surface area (Å²) in [5.74, 6) is 0.893. The second-order valence-corrected chi connectivity index (χ2v) is 7.21. The van der Waals surface area contributed by atoms with Crippen molar-refractivity contribution >= 4 is 0 Å². The first-order valence-electron chi connectivity index (χ1n) is 8.20. The third kappa shape index (κ3) is 3.28. The Morgan fingerprint density at radius 1 is 1.17 bits per heavy atom. The quantitative estimate of drug-likeness (QED) is 0.936. The first-order chi connectivity index (χ1) is 11.0. The topological polar surface area (TPSA) is 67.1 Å². The maximum absolute atomic E-state index is 9.76. The number of rotatable bonds is 4. The van der Waals surface area contributed by atoms with Crippen molar-refractivity contribution in [2.75, 3.05) is 6.61 Å². The molecular formula is C17H25N5O. The smallest absolute Gasteiger partial charge is 0.168 e. The van der Waals surface area contributed by atoms with Gasteiger partial charge < -0.3 is 5.11 Å². The summed E-state index contributed by atoms with van der Waals surface area (Å²) in [5, 5.41) is 22.2. The number of hydrogen-bond acceptors (Lipinski definition) is 5. The molecule has 23 heavy (non-hydrogen) atoms. The standard InChI is InChI=1S/C17H25N5O/c1-17(2,3)22-16(18-19-20-22)15-10-9-14(12-23)21(15)11-13-7-5-4-6-8-13/h4-8,14-15,23H,9-12H2,1-3H3/t14-,15+/m0/s1. The number of aliphatic hydroxyl groups excluding tert-OH is 1. The van der Waals surface area contributed by atoms with E-state index in [2.05, 4.69) is 53.3 Å². The maximum atomic E-state index is 9.76. The van der Waals surface area contributed by atoms with Crippen molar-refractivity contribution in [1.29, 1.82) is 0 Å². The molecule has 0 saturated carbocycles. The predicted octanol–water partition coefficient (Wildman–Crippen LogP) is 2.13. The summed E-state index contributed by atoms with van der Waals surface area (Å²) in [6.07, 6.45) is 1.93. The SMILES string of the molecule is CC(C)(C)n1nnnc1[C@H]1CC[C@@H](CO)N1Cc1ccccc1. The molecule has 0 amide bonds. The van der Waals surface area contributed by atoms with E-state index in [-0.39, 0.29) is 24.2 Å². The van der Waals surface area contributed by atoms with E-state index in [1.807, 2.05) is 22.9 Å². The highest BCUT2D eigenvalue weighted by Gasteiger charge is 2.38. The summed E-state index contributed by atoms with van der Waals surface area (Å²) in [7, 11) is 0. The lowest BCUT2D eigenvalue weighted by Gasteiger charge is -2.30. The van der Waals surface area contributed by atoms with Gasteiger partial charge in [0.25, 0.3) is 0 Å². The summed E-state index contributed by atoms with van der Waals surface area (Å²) < 4.78 is 1.91. The number of aromatic nitrogens is 4. The van der Waals surface area contributed by atoms with Crippen molar-refractivity contribution < 1.29 is 5.11 Å². The Hall–Kier alpha value is -1.79. The van der Waals surface area contributed by atoms with Crippen molar-refractivity contribution in [3.05, 3.63) is 41.7 Å². The van der Waals surface area contributed by atoms with Gasteiger partial charge in [0.05, 0.1) is 18.2 Å². The van der Waals surface area contributed by atoms with E-state index in [0.717, 1.165) is 25.2 Å². The summed E-state index contributed by atoms with van der Waals surface area (Å²) in [4.78, 5) is 2.34. The van der Waals surface area contributed by atoms with Crippen molar-refractivity contribution in [1.82, 2.24) is 25.1 Å². The Morgan fingerprint density at radius 2 is 1.91 bits per heavy atom. The van der Waals surface area contributed by atoms with Gasteiger partial charge in [-0.05, 0) is 49.6 Å². The van der Waals surface area contributed by atoms with Crippen LogP contribution in [0.25, 0.3) is 0 Å². The van der Waals surface area contributed by atoms with Crippen molar-refractivity contribution in [3.63, 3.8) is 0 Å². The average Bonchev–Trinajstić information content (AvgIpc) is 3.14. The monoisotopic (exact) mass is 315 g/mol. The molecule has 1 aromatic carbocycles. The van der Waals surface area contributed by atoms with Gasteiger partial charge in [0.2, 0.25) is 0 Å². The van der Waals surface area contributed by atoms with Gasteiger partial charge >= 0.3 is 0 Å². The van der Waals surface area contributed by atoms with Gasteiger partial charge in [0.15, 0.2) is 5.82 Å². The fourth-order valence-corrected chi connectivity index (χ4v) is 3.32. The molecule has 0 unspecified atom stereocenters. The average molecular weight is 315 g/mol. The number of aliphatic hydroxyl groups is 1. The third-order valence-electron chi connectivity index (χ3n) is 4.49. The molecular weight excluding hydrogens is 290 g/mol.